The van der Waals surface area contributed by atoms with Crippen LogP contribution in [0.2, 0.25) is 0 Å². The monoisotopic (exact) mass is 246 g/mol. The lowest BCUT2D eigenvalue weighted by atomic mass is 10.1. The number of hydrogen-bond donors (Lipinski definition) is 1. The van der Waals surface area contributed by atoms with Crippen LogP contribution in [0.1, 0.15) is 27.1 Å². The van der Waals surface area contributed by atoms with Crippen molar-refractivity contribution in [3.05, 3.63) is 35.4 Å². The van der Waals surface area contributed by atoms with Gasteiger partial charge in [0.2, 0.25) is 0 Å². The highest BCUT2D eigenvalue weighted by molar-refractivity contribution is 6.20. The second-order valence-corrected chi connectivity index (χ2v) is 4.60. The number of nitrogens with zero attached hydrogens (tertiary/aromatic N) is 1. The van der Waals surface area contributed by atoms with E-state index < -0.39 is 0 Å². The second kappa shape index (κ2) is 4.51. The Hall–Kier alpha value is -1.72. The van der Waals surface area contributed by atoms with Crippen LogP contribution < -0.4 is 5.32 Å². The predicted molar refractivity (Wildman–Crippen MR) is 63.9 cm³/mol. The molecule has 1 saturated heterocycles. The van der Waals surface area contributed by atoms with Crippen molar-refractivity contribution in [1.29, 1.82) is 0 Å². The van der Waals surface area contributed by atoms with Crippen LogP contribution in [-0.2, 0) is 4.84 Å². The van der Waals surface area contributed by atoms with Crippen molar-refractivity contribution in [2.24, 2.45) is 5.92 Å². The van der Waals surface area contributed by atoms with Gasteiger partial charge in [-0.1, -0.05) is 12.1 Å². The molecule has 1 aromatic carbocycles. The van der Waals surface area contributed by atoms with Crippen LogP contribution in [0.4, 0.5) is 0 Å². The number of hydroxylamine groups is 2. The standard InChI is InChI=1S/C13H14N2O3/c16-12-10-3-1-2-4-11(10)13(17)15(12)18-8-9-5-6-14-7-9/h1-4,9,14H,5-8H2/t9-/m1/s1. The van der Waals surface area contributed by atoms with Crippen molar-refractivity contribution < 1.29 is 14.4 Å². The van der Waals surface area contributed by atoms with Gasteiger partial charge in [0.05, 0.1) is 17.7 Å². The molecule has 1 fully saturated rings. The molecule has 2 aliphatic rings. The molecule has 0 aromatic heterocycles. The minimum absolute atomic E-state index is 0.360. The highest BCUT2D eigenvalue weighted by atomic mass is 16.7. The Labute approximate surface area is 105 Å². The van der Waals surface area contributed by atoms with Crippen LogP contribution in [0.15, 0.2) is 24.3 Å². The van der Waals surface area contributed by atoms with E-state index in [1.54, 1.807) is 24.3 Å². The van der Waals surface area contributed by atoms with Gasteiger partial charge in [0.25, 0.3) is 11.8 Å². The van der Waals surface area contributed by atoms with Gasteiger partial charge < -0.3 is 5.32 Å². The van der Waals surface area contributed by atoms with Crippen molar-refractivity contribution in [2.75, 3.05) is 19.7 Å². The van der Waals surface area contributed by atoms with Crippen LogP contribution in [0.5, 0.6) is 0 Å². The number of hydrogen-bond acceptors (Lipinski definition) is 4. The molecule has 0 bridgehead atoms. The molecule has 1 N–H and O–H groups in total. The summed E-state index contributed by atoms with van der Waals surface area (Å²) in [6, 6.07) is 6.79. The van der Waals surface area contributed by atoms with Crippen molar-refractivity contribution in [3.63, 3.8) is 0 Å². The molecule has 3 rings (SSSR count). The van der Waals surface area contributed by atoms with Gasteiger partial charge in [-0.05, 0) is 31.0 Å². The maximum Gasteiger partial charge on any atom is 0.285 e. The van der Waals surface area contributed by atoms with Gasteiger partial charge in [0, 0.05) is 6.54 Å². The summed E-state index contributed by atoms with van der Waals surface area (Å²) >= 11 is 0. The number of imide groups is 1. The minimum atomic E-state index is -0.360. The van der Waals surface area contributed by atoms with Crippen molar-refractivity contribution in [3.8, 4) is 0 Å². The molecule has 5 heteroatoms. The lowest BCUT2D eigenvalue weighted by molar-refractivity contribution is -0.101. The molecule has 1 aromatic rings. The fourth-order valence-electron chi connectivity index (χ4n) is 2.32. The van der Waals surface area contributed by atoms with Crippen LogP contribution >= 0.6 is 0 Å². The first-order chi connectivity index (χ1) is 8.77. The lowest BCUT2D eigenvalue weighted by Gasteiger charge is -2.15. The number of nitrogens with one attached hydrogen (secondary N) is 1. The van der Waals surface area contributed by atoms with E-state index >= 15 is 0 Å². The summed E-state index contributed by atoms with van der Waals surface area (Å²) in [5.74, 6) is -0.350. The number of rotatable bonds is 3. The third-order valence-corrected chi connectivity index (χ3v) is 3.36. The normalized spacial score (nSPS) is 22.7. The van der Waals surface area contributed by atoms with E-state index in [9.17, 15) is 9.59 Å². The maximum atomic E-state index is 12.0. The molecule has 2 amide bonds. The number of carbonyl (C=O) groups is 2. The summed E-state index contributed by atoms with van der Waals surface area (Å²) < 4.78 is 0. The summed E-state index contributed by atoms with van der Waals surface area (Å²) in [5.41, 5.74) is 0.846. The van der Waals surface area contributed by atoms with Crippen LogP contribution in [0.3, 0.4) is 0 Å². The molecule has 94 valence electrons. The fourth-order valence-corrected chi connectivity index (χ4v) is 2.32. The third kappa shape index (κ3) is 1.81. The molecular formula is C13H14N2O3. The van der Waals surface area contributed by atoms with Crippen molar-refractivity contribution >= 4 is 11.8 Å². The lowest BCUT2D eigenvalue weighted by Crippen LogP contribution is -2.32. The molecule has 0 spiro atoms. The fraction of sp³-hybridized carbons (Fsp3) is 0.385. The van der Waals surface area contributed by atoms with Crippen molar-refractivity contribution in [1.82, 2.24) is 10.4 Å². The highest BCUT2D eigenvalue weighted by Crippen LogP contribution is 2.23. The first kappa shape index (κ1) is 11.4. The molecule has 2 heterocycles. The van der Waals surface area contributed by atoms with E-state index in [1.807, 2.05) is 0 Å². The Bertz CT molecular complexity index is 460. The molecule has 0 saturated carbocycles. The Morgan fingerprint density at radius 2 is 1.89 bits per heavy atom. The Kier molecular flexibility index (Phi) is 2.85. The topological polar surface area (TPSA) is 58.6 Å². The zero-order valence-electron chi connectivity index (χ0n) is 9.89. The second-order valence-electron chi connectivity index (χ2n) is 4.60. The summed E-state index contributed by atoms with van der Waals surface area (Å²) in [4.78, 5) is 29.3. The molecule has 0 unspecified atom stereocenters. The SMILES string of the molecule is O=C1c2ccccc2C(=O)N1OC[C@@H]1CCNC1. The van der Waals surface area contributed by atoms with E-state index in [4.69, 9.17) is 4.84 Å². The van der Waals surface area contributed by atoms with E-state index in [0.29, 0.717) is 23.7 Å². The van der Waals surface area contributed by atoms with Gasteiger partial charge in [-0.2, -0.15) is 0 Å². The van der Waals surface area contributed by atoms with Crippen LogP contribution in [0.25, 0.3) is 0 Å². The Morgan fingerprint density at radius 3 is 2.44 bits per heavy atom. The molecule has 5 nitrogen and oxygen atoms in total. The highest BCUT2D eigenvalue weighted by Gasteiger charge is 2.36. The molecule has 0 aliphatic carbocycles. The molecule has 18 heavy (non-hydrogen) atoms. The zero-order valence-corrected chi connectivity index (χ0v) is 9.89. The minimum Gasteiger partial charge on any atom is -0.316 e. The number of benzene rings is 1. The zero-order chi connectivity index (χ0) is 12.5. The first-order valence-corrected chi connectivity index (χ1v) is 6.09. The summed E-state index contributed by atoms with van der Waals surface area (Å²) in [6.07, 6.45) is 1.02. The van der Waals surface area contributed by atoms with Crippen LogP contribution in [0, 0.1) is 5.92 Å². The van der Waals surface area contributed by atoms with Gasteiger partial charge >= 0.3 is 0 Å². The van der Waals surface area contributed by atoms with Gasteiger partial charge in [0.1, 0.15) is 0 Å². The van der Waals surface area contributed by atoms with Crippen LogP contribution in [-0.4, -0.2) is 36.6 Å². The maximum absolute atomic E-state index is 12.0. The molecule has 2 aliphatic heterocycles. The smallest absolute Gasteiger partial charge is 0.285 e. The van der Waals surface area contributed by atoms with E-state index in [0.717, 1.165) is 24.6 Å². The summed E-state index contributed by atoms with van der Waals surface area (Å²) in [7, 11) is 0. The molecular weight excluding hydrogens is 232 g/mol. The third-order valence-electron chi connectivity index (χ3n) is 3.36. The van der Waals surface area contributed by atoms with Gasteiger partial charge in [-0.15, -0.1) is 5.06 Å². The van der Waals surface area contributed by atoms with Gasteiger partial charge in [-0.3, -0.25) is 14.4 Å². The quantitative estimate of drug-likeness (QED) is 0.802. The van der Waals surface area contributed by atoms with E-state index in [-0.39, 0.29) is 11.8 Å². The average molecular weight is 246 g/mol. The Morgan fingerprint density at radius 1 is 1.22 bits per heavy atom. The van der Waals surface area contributed by atoms with Gasteiger partial charge in [0.15, 0.2) is 0 Å². The molecule has 1 atom stereocenters. The first-order valence-electron chi connectivity index (χ1n) is 6.09. The van der Waals surface area contributed by atoms with Crippen molar-refractivity contribution in [2.45, 2.75) is 6.42 Å². The Balaban J connectivity index is 1.71. The molecule has 0 radical (unpaired) electrons. The number of amides is 2. The average Bonchev–Trinajstić information content (AvgIpc) is 2.98. The number of fused-ring (bicyclic) bond motifs is 1. The number of carbonyl (C=O) groups excluding carboxylic acids is 2. The largest absolute Gasteiger partial charge is 0.316 e. The summed E-state index contributed by atoms with van der Waals surface area (Å²) in [6.45, 7) is 2.25. The van der Waals surface area contributed by atoms with E-state index in [2.05, 4.69) is 5.32 Å². The van der Waals surface area contributed by atoms with Gasteiger partial charge in [-0.25, -0.2) is 0 Å². The van der Waals surface area contributed by atoms with E-state index in [1.165, 1.54) is 0 Å². The predicted octanol–water partition coefficient (Wildman–Crippen LogP) is 0.824. The summed E-state index contributed by atoms with van der Waals surface area (Å²) in [5, 5.41) is 4.11.